The molecule has 0 bridgehead atoms. The van der Waals surface area contributed by atoms with Gasteiger partial charge in [0.05, 0.1) is 5.75 Å². The summed E-state index contributed by atoms with van der Waals surface area (Å²) in [5.74, 6) is -0.303. The number of rotatable bonds is 8. The molecule has 6 heteroatoms. The van der Waals surface area contributed by atoms with E-state index in [-0.39, 0.29) is 18.2 Å². The number of nitrogens with one attached hydrogen (secondary N) is 2. The van der Waals surface area contributed by atoms with Crippen LogP contribution in [0.2, 0.25) is 0 Å². The van der Waals surface area contributed by atoms with E-state index in [4.69, 9.17) is 0 Å². The van der Waals surface area contributed by atoms with E-state index in [0.717, 1.165) is 16.7 Å². The summed E-state index contributed by atoms with van der Waals surface area (Å²) in [7, 11) is -2.00. The van der Waals surface area contributed by atoms with E-state index >= 15 is 0 Å². The van der Waals surface area contributed by atoms with Gasteiger partial charge in [-0.1, -0.05) is 72.8 Å². The molecule has 0 aliphatic heterocycles. The predicted octanol–water partition coefficient (Wildman–Crippen LogP) is 3.26. The van der Waals surface area contributed by atoms with Crippen LogP contribution in [0.1, 0.15) is 32.6 Å². The highest BCUT2D eigenvalue weighted by molar-refractivity contribution is 7.88. The highest BCUT2D eigenvalue weighted by Gasteiger charge is 2.14. The van der Waals surface area contributed by atoms with E-state index in [0.29, 0.717) is 17.5 Å². The fourth-order valence-electron chi connectivity index (χ4n) is 3.13. The molecule has 0 saturated carbocycles. The van der Waals surface area contributed by atoms with Crippen molar-refractivity contribution >= 4 is 15.9 Å². The molecule has 0 atom stereocenters. The zero-order valence-corrected chi connectivity index (χ0v) is 17.1. The maximum atomic E-state index is 12.8. The fourth-order valence-corrected chi connectivity index (χ4v) is 3.97. The molecule has 0 aliphatic carbocycles. The lowest BCUT2D eigenvalue weighted by Gasteiger charge is -2.13. The first-order chi connectivity index (χ1) is 14.0. The van der Waals surface area contributed by atoms with Gasteiger partial charge in [0.15, 0.2) is 0 Å². The largest absolute Gasteiger partial charge is 0.348 e. The average molecular weight is 409 g/mol. The quantitative estimate of drug-likeness (QED) is 0.601. The van der Waals surface area contributed by atoms with Crippen molar-refractivity contribution in [1.82, 2.24) is 10.0 Å². The third-order valence-electron chi connectivity index (χ3n) is 4.71. The van der Waals surface area contributed by atoms with Crippen molar-refractivity contribution in [3.8, 4) is 0 Å². The van der Waals surface area contributed by atoms with Crippen molar-refractivity contribution in [1.29, 1.82) is 0 Å². The monoisotopic (exact) mass is 408 g/mol. The molecule has 29 heavy (non-hydrogen) atoms. The molecule has 0 radical (unpaired) electrons. The second-order valence-corrected chi connectivity index (χ2v) is 8.66. The van der Waals surface area contributed by atoms with Gasteiger partial charge in [-0.2, -0.15) is 0 Å². The first kappa shape index (κ1) is 20.8. The van der Waals surface area contributed by atoms with Gasteiger partial charge in [0.1, 0.15) is 0 Å². The third-order valence-corrected chi connectivity index (χ3v) is 6.03. The van der Waals surface area contributed by atoms with Crippen LogP contribution in [0.15, 0.2) is 78.9 Å². The highest BCUT2D eigenvalue weighted by atomic mass is 32.2. The molecule has 2 N–H and O–H groups in total. The number of hydrogen-bond donors (Lipinski definition) is 2. The summed E-state index contributed by atoms with van der Waals surface area (Å²) in [6, 6.07) is 24.7. The molecule has 0 saturated heterocycles. The number of amides is 1. The van der Waals surface area contributed by atoms with E-state index in [1.807, 2.05) is 66.7 Å². The number of sulfonamides is 1. The van der Waals surface area contributed by atoms with Gasteiger partial charge in [0.25, 0.3) is 5.91 Å². The molecule has 0 unspecified atom stereocenters. The van der Waals surface area contributed by atoms with Gasteiger partial charge < -0.3 is 5.32 Å². The van der Waals surface area contributed by atoms with Crippen molar-refractivity contribution in [2.45, 2.75) is 18.7 Å². The predicted molar refractivity (Wildman–Crippen MR) is 115 cm³/mol. The molecule has 3 aromatic carbocycles. The van der Waals surface area contributed by atoms with Crippen LogP contribution < -0.4 is 10.0 Å². The Kier molecular flexibility index (Phi) is 6.80. The summed E-state index contributed by atoms with van der Waals surface area (Å²) >= 11 is 0. The lowest BCUT2D eigenvalue weighted by Crippen LogP contribution is -2.26. The van der Waals surface area contributed by atoms with Crippen molar-refractivity contribution in [3.05, 3.63) is 107 Å². The minimum Gasteiger partial charge on any atom is -0.348 e. The number of carbonyl (C=O) groups excluding carboxylic acids is 1. The fraction of sp³-hybridized carbons (Fsp3) is 0.174. The van der Waals surface area contributed by atoms with Crippen molar-refractivity contribution in [2.24, 2.45) is 0 Å². The summed E-state index contributed by atoms with van der Waals surface area (Å²) in [4.78, 5) is 12.8. The minimum atomic E-state index is -3.39. The zero-order valence-electron chi connectivity index (χ0n) is 16.3. The second kappa shape index (κ2) is 9.49. The van der Waals surface area contributed by atoms with E-state index < -0.39 is 10.0 Å². The Labute approximate surface area is 171 Å². The van der Waals surface area contributed by atoms with E-state index in [1.165, 1.54) is 7.05 Å². The van der Waals surface area contributed by atoms with Gasteiger partial charge >= 0.3 is 0 Å². The summed E-state index contributed by atoms with van der Waals surface area (Å²) in [6.07, 6.45) is 0.668. The molecule has 5 nitrogen and oxygen atoms in total. The summed E-state index contributed by atoms with van der Waals surface area (Å²) in [6.45, 7) is 0.258. The molecule has 3 aromatic rings. The normalized spacial score (nSPS) is 11.2. The van der Waals surface area contributed by atoms with Crippen LogP contribution in [-0.2, 0) is 28.7 Å². The van der Waals surface area contributed by atoms with Crippen LogP contribution in [0.4, 0.5) is 0 Å². The first-order valence-corrected chi connectivity index (χ1v) is 11.0. The van der Waals surface area contributed by atoms with Crippen LogP contribution in [-0.4, -0.2) is 21.4 Å². The lowest BCUT2D eigenvalue weighted by molar-refractivity contribution is 0.0950. The Morgan fingerprint density at radius 2 is 1.38 bits per heavy atom. The molecule has 0 spiro atoms. The first-order valence-electron chi connectivity index (χ1n) is 9.36. The maximum Gasteiger partial charge on any atom is 0.251 e. The Balaban J connectivity index is 1.74. The van der Waals surface area contributed by atoms with Crippen molar-refractivity contribution in [3.63, 3.8) is 0 Å². The van der Waals surface area contributed by atoms with Gasteiger partial charge in [0, 0.05) is 12.1 Å². The molecular formula is C23H24N2O3S. The van der Waals surface area contributed by atoms with Crippen LogP contribution in [0.5, 0.6) is 0 Å². The topological polar surface area (TPSA) is 75.3 Å². The van der Waals surface area contributed by atoms with E-state index in [9.17, 15) is 13.2 Å². The Bertz CT molecular complexity index is 1080. The van der Waals surface area contributed by atoms with Gasteiger partial charge in [-0.15, -0.1) is 0 Å². The molecule has 150 valence electrons. The Hall–Kier alpha value is -2.96. The number of hydrogen-bond acceptors (Lipinski definition) is 3. The Morgan fingerprint density at radius 1 is 0.793 bits per heavy atom. The third kappa shape index (κ3) is 5.76. The summed E-state index contributed by atoms with van der Waals surface area (Å²) in [5.41, 5.74) is 4.15. The maximum absolute atomic E-state index is 12.8. The minimum absolute atomic E-state index is 0.125. The van der Waals surface area contributed by atoms with Gasteiger partial charge in [0.2, 0.25) is 10.0 Å². The zero-order chi connectivity index (χ0) is 20.7. The second-order valence-electron chi connectivity index (χ2n) is 6.73. The van der Waals surface area contributed by atoms with E-state index in [2.05, 4.69) is 10.0 Å². The van der Waals surface area contributed by atoms with Gasteiger partial charge in [-0.05, 0) is 41.8 Å². The average Bonchev–Trinajstić information content (AvgIpc) is 2.74. The lowest BCUT2D eigenvalue weighted by atomic mass is 9.99. The van der Waals surface area contributed by atoms with Gasteiger partial charge in [-0.3, -0.25) is 4.79 Å². The molecule has 0 aromatic heterocycles. The molecule has 0 aliphatic rings. The Morgan fingerprint density at radius 3 is 2.07 bits per heavy atom. The highest BCUT2D eigenvalue weighted by Crippen LogP contribution is 2.16. The molecular weight excluding hydrogens is 384 g/mol. The molecule has 1 amide bonds. The van der Waals surface area contributed by atoms with Crippen molar-refractivity contribution < 1.29 is 13.2 Å². The van der Waals surface area contributed by atoms with E-state index in [1.54, 1.807) is 12.1 Å². The molecule has 0 fully saturated rings. The summed E-state index contributed by atoms with van der Waals surface area (Å²) < 4.78 is 26.1. The van der Waals surface area contributed by atoms with Crippen LogP contribution >= 0.6 is 0 Å². The number of carbonyl (C=O) groups is 1. The standard InChI is InChI=1S/C23H24N2O3S/c1-24-29(27,28)17-21-13-6-5-12-20(21)16-25-23(26)22-14-8-7-11-19(22)15-18-9-3-2-4-10-18/h2-14,24H,15-17H2,1H3,(H,25,26). The molecule has 3 rings (SSSR count). The number of benzene rings is 3. The van der Waals surface area contributed by atoms with Crippen LogP contribution in [0.25, 0.3) is 0 Å². The van der Waals surface area contributed by atoms with Crippen molar-refractivity contribution in [2.75, 3.05) is 7.05 Å². The van der Waals surface area contributed by atoms with Crippen LogP contribution in [0, 0.1) is 0 Å². The van der Waals surface area contributed by atoms with Crippen LogP contribution in [0.3, 0.4) is 0 Å². The SMILES string of the molecule is CNS(=O)(=O)Cc1ccccc1CNC(=O)c1ccccc1Cc1ccccc1. The van der Waals surface area contributed by atoms with Gasteiger partial charge in [-0.25, -0.2) is 13.1 Å². The smallest absolute Gasteiger partial charge is 0.251 e. The molecule has 0 heterocycles. The summed E-state index contributed by atoms with van der Waals surface area (Å²) in [5, 5.41) is 2.93.